The summed E-state index contributed by atoms with van der Waals surface area (Å²) in [4.78, 5) is 24.1. The van der Waals surface area contributed by atoms with Gasteiger partial charge in [-0.2, -0.15) is 0 Å². The molecule has 0 radical (unpaired) electrons. The molecule has 25 heavy (non-hydrogen) atoms. The third-order valence-electron chi connectivity index (χ3n) is 4.15. The predicted molar refractivity (Wildman–Crippen MR) is 96.3 cm³/mol. The van der Waals surface area contributed by atoms with Gasteiger partial charge in [0.05, 0.1) is 6.10 Å². The second-order valence-corrected chi connectivity index (χ2v) is 6.40. The van der Waals surface area contributed by atoms with Gasteiger partial charge in [0.15, 0.2) is 0 Å². The summed E-state index contributed by atoms with van der Waals surface area (Å²) < 4.78 is 0. The van der Waals surface area contributed by atoms with E-state index in [9.17, 15) is 14.7 Å². The molecular formula is C20H22N2O3. The van der Waals surface area contributed by atoms with Crippen molar-refractivity contribution in [1.29, 1.82) is 0 Å². The third kappa shape index (κ3) is 5.16. The largest absolute Gasteiger partial charge is 0.391 e. The van der Waals surface area contributed by atoms with E-state index in [-0.39, 0.29) is 24.3 Å². The van der Waals surface area contributed by atoms with Gasteiger partial charge >= 0.3 is 0 Å². The first-order valence-electron chi connectivity index (χ1n) is 8.53. The molecule has 2 aromatic rings. The van der Waals surface area contributed by atoms with Crippen LogP contribution >= 0.6 is 0 Å². The number of aliphatic hydroxyl groups is 1. The van der Waals surface area contributed by atoms with Gasteiger partial charge in [-0.3, -0.25) is 9.59 Å². The molecule has 1 saturated carbocycles. The zero-order valence-corrected chi connectivity index (χ0v) is 13.9. The molecule has 1 atom stereocenters. The topological polar surface area (TPSA) is 78.4 Å². The molecule has 3 N–H and O–H groups in total. The van der Waals surface area contributed by atoms with Crippen LogP contribution in [0.3, 0.4) is 0 Å². The zero-order chi connectivity index (χ0) is 17.6. The Balaban J connectivity index is 1.51. The summed E-state index contributed by atoms with van der Waals surface area (Å²) in [5.41, 5.74) is 2.10. The fourth-order valence-electron chi connectivity index (χ4n) is 2.60. The standard InChI is InChI=1S/C20H22N2O3/c23-18(11-14-5-2-1-3-6-14)13-21-19(24)16-7-4-8-17(12-16)22-20(25)15-9-10-15/h1-8,12,15,18,23H,9-11,13H2,(H,21,24)(H,22,25). The van der Waals surface area contributed by atoms with Crippen molar-refractivity contribution in [2.24, 2.45) is 5.92 Å². The van der Waals surface area contributed by atoms with Crippen LogP contribution in [-0.2, 0) is 11.2 Å². The van der Waals surface area contributed by atoms with Crippen molar-refractivity contribution in [3.8, 4) is 0 Å². The Kier molecular flexibility index (Phi) is 5.46. The van der Waals surface area contributed by atoms with Crippen molar-refractivity contribution in [1.82, 2.24) is 5.32 Å². The van der Waals surface area contributed by atoms with Crippen LogP contribution in [0.5, 0.6) is 0 Å². The second kappa shape index (κ2) is 7.94. The summed E-state index contributed by atoms with van der Waals surface area (Å²) >= 11 is 0. The molecule has 5 heteroatoms. The quantitative estimate of drug-likeness (QED) is 0.725. The average Bonchev–Trinajstić information content (AvgIpc) is 3.46. The van der Waals surface area contributed by atoms with Gasteiger partial charge in [0, 0.05) is 30.1 Å². The number of rotatable bonds is 7. The molecule has 130 valence electrons. The van der Waals surface area contributed by atoms with E-state index < -0.39 is 6.10 Å². The number of aliphatic hydroxyl groups excluding tert-OH is 1. The minimum absolute atomic E-state index is 0.0100. The second-order valence-electron chi connectivity index (χ2n) is 6.40. The number of hydrogen-bond acceptors (Lipinski definition) is 3. The summed E-state index contributed by atoms with van der Waals surface area (Å²) in [6, 6.07) is 16.5. The van der Waals surface area contributed by atoms with E-state index in [0.717, 1.165) is 18.4 Å². The lowest BCUT2D eigenvalue weighted by atomic mass is 10.1. The van der Waals surface area contributed by atoms with Crippen molar-refractivity contribution in [2.45, 2.75) is 25.4 Å². The van der Waals surface area contributed by atoms with Gasteiger partial charge in [0.25, 0.3) is 5.91 Å². The van der Waals surface area contributed by atoms with Crippen molar-refractivity contribution >= 4 is 17.5 Å². The Bertz CT molecular complexity index is 742. The van der Waals surface area contributed by atoms with Crippen molar-refractivity contribution < 1.29 is 14.7 Å². The van der Waals surface area contributed by atoms with Crippen LogP contribution in [0.25, 0.3) is 0 Å². The number of amides is 2. The van der Waals surface area contributed by atoms with E-state index in [1.54, 1.807) is 24.3 Å². The molecule has 0 aliphatic heterocycles. The smallest absolute Gasteiger partial charge is 0.251 e. The van der Waals surface area contributed by atoms with E-state index in [1.807, 2.05) is 30.3 Å². The van der Waals surface area contributed by atoms with E-state index >= 15 is 0 Å². The number of anilines is 1. The lowest BCUT2D eigenvalue weighted by Crippen LogP contribution is -2.33. The number of hydrogen-bond donors (Lipinski definition) is 3. The van der Waals surface area contributed by atoms with Crippen LogP contribution in [0.15, 0.2) is 54.6 Å². The van der Waals surface area contributed by atoms with E-state index in [1.165, 1.54) is 0 Å². The van der Waals surface area contributed by atoms with Gasteiger partial charge in [-0.05, 0) is 36.6 Å². The number of carbonyl (C=O) groups is 2. The van der Waals surface area contributed by atoms with Crippen LogP contribution in [0.1, 0.15) is 28.8 Å². The molecule has 2 amide bonds. The fraction of sp³-hybridized carbons (Fsp3) is 0.300. The van der Waals surface area contributed by atoms with Crippen LogP contribution in [0.2, 0.25) is 0 Å². The lowest BCUT2D eigenvalue weighted by molar-refractivity contribution is -0.117. The first-order chi connectivity index (χ1) is 12.1. The fourth-order valence-corrected chi connectivity index (χ4v) is 2.60. The van der Waals surface area contributed by atoms with E-state index in [0.29, 0.717) is 17.7 Å². The Morgan fingerprint density at radius 3 is 2.56 bits per heavy atom. The summed E-state index contributed by atoms with van der Waals surface area (Å²) in [6.45, 7) is 0.173. The van der Waals surface area contributed by atoms with Gasteiger partial charge in [-0.15, -0.1) is 0 Å². The van der Waals surface area contributed by atoms with Gasteiger partial charge in [0.1, 0.15) is 0 Å². The number of nitrogens with one attached hydrogen (secondary N) is 2. The monoisotopic (exact) mass is 338 g/mol. The molecule has 0 heterocycles. The van der Waals surface area contributed by atoms with Gasteiger partial charge in [0.2, 0.25) is 5.91 Å². The van der Waals surface area contributed by atoms with Crippen LogP contribution < -0.4 is 10.6 Å². The molecule has 0 aromatic heterocycles. The Morgan fingerprint density at radius 2 is 1.84 bits per heavy atom. The number of benzene rings is 2. The van der Waals surface area contributed by atoms with Gasteiger partial charge in [-0.25, -0.2) is 0 Å². The van der Waals surface area contributed by atoms with Crippen molar-refractivity contribution in [3.63, 3.8) is 0 Å². The molecule has 1 unspecified atom stereocenters. The molecule has 1 aliphatic carbocycles. The SMILES string of the molecule is O=C(NCC(O)Cc1ccccc1)c1cccc(NC(=O)C2CC2)c1. The minimum Gasteiger partial charge on any atom is -0.391 e. The molecule has 3 rings (SSSR count). The molecule has 5 nitrogen and oxygen atoms in total. The van der Waals surface area contributed by atoms with Crippen LogP contribution in [0.4, 0.5) is 5.69 Å². The first-order valence-corrected chi connectivity index (χ1v) is 8.53. The number of carbonyl (C=O) groups excluding carboxylic acids is 2. The zero-order valence-electron chi connectivity index (χ0n) is 13.9. The lowest BCUT2D eigenvalue weighted by Gasteiger charge is -2.12. The van der Waals surface area contributed by atoms with E-state index in [2.05, 4.69) is 10.6 Å². The summed E-state index contributed by atoms with van der Waals surface area (Å²) in [5.74, 6) is -0.143. The third-order valence-corrected chi connectivity index (χ3v) is 4.15. The highest BCUT2D eigenvalue weighted by Crippen LogP contribution is 2.30. The molecule has 0 spiro atoms. The maximum atomic E-state index is 12.3. The summed E-state index contributed by atoms with van der Waals surface area (Å²) in [6.07, 6.45) is 1.71. The Hall–Kier alpha value is -2.66. The molecular weight excluding hydrogens is 316 g/mol. The molecule has 0 bridgehead atoms. The highest BCUT2D eigenvalue weighted by Gasteiger charge is 2.29. The van der Waals surface area contributed by atoms with E-state index in [4.69, 9.17) is 0 Å². The highest BCUT2D eigenvalue weighted by molar-refractivity contribution is 5.98. The van der Waals surface area contributed by atoms with Crippen LogP contribution in [-0.4, -0.2) is 29.6 Å². The minimum atomic E-state index is -0.649. The maximum absolute atomic E-state index is 12.3. The van der Waals surface area contributed by atoms with Gasteiger partial charge < -0.3 is 15.7 Å². The molecule has 2 aromatic carbocycles. The predicted octanol–water partition coefficient (Wildman–Crippen LogP) is 2.37. The summed E-state index contributed by atoms with van der Waals surface area (Å²) in [5, 5.41) is 15.6. The van der Waals surface area contributed by atoms with Crippen molar-refractivity contribution in [2.75, 3.05) is 11.9 Å². The van der Waals surface area contributed by atoms with Crippen LogP contribution in [0, 0.1) is 5.92 Å². The molecule has 1 aliphatic rings. The Morgan fingerprint density at radius 1 is 1.08 bits per heavy atom. The normalized spacial score (nSPS) is 14.6. The maximum Gasteiger partial charge on any atom is 0.251 e. The first kappa shape index (κ1) is 17.2. The van der Waals surface area contributed by atoms with Gasteiger partial charge in [-0.1, -0.05) is 36.4 Å². The summed E-state index contributed by atoms with van der Waals surface area (Å²) in [7, 11) is 0. The Labute approximate surface area is 147 Å². The molecule has 0 saturated heterocycles. The average molecular weight is 338 g/mol. The molecule has 1 fully saturated rings. The van der Waals surface area contributed by atoms with Crippen molar-refractivity contribution in [3.05, 3.63) is 65.7 Å². The highest BCUT2D eigenvalue weighted by atomic mass is 16.3.